The number of carbonyl (C=O) groups excluding carboxylic acids is 1. The first-order valence-corrected chi connectivity index (χ1v) is 6.48. The van der Waals surface area contributed by atoms with Gasteiger partial charge in [0.25, 0.3) is 0 Å². The zero-order valence-corrected chi connectivity index (χ0v) is 9.96. The molecule has 88 valence electrons. The van der Waals surface area contributed by atoms with Gasteiger partial charge in [-0.15, -0.1) is 0 Å². The molecule has 0 aliphatic carbocycles. The van der Waals surface area contributed by atoms with Gasteiger partial charge in [-0.05, 0) is 26.2 Å². The van der Waals surface area contributed by atoms with Crippen molar-refractivity contribution in [1.29, 1.82) is 0 Å². The van der Waals surface area contributed by atoms with E-state index >= 15 is 0 Å². The fourth-order valence-corrected chi connectivity index (χ4v) is 2.10. The largest absolute Gasteiger partial charge is 0.463 e. The van der Waals surface area contributed by atoms with E-state index in [2.05, 4.69) is 0 Å². The molecule has 0 bridgehead atoms. The van der Waals surface area contributed by atoms with E-state index in [-0.39, 0.29) is 12.1 Å². The second-order valence-corrected chi connectivity index (χ2v) is 4.67. The molecule has 0 spiro atoms. The van der Waals surface area contributed by atoms with Gasteiger partial charge in [0.15, 0.2) is 0 Å². The van der Waals surface area contributed by atoms with Gasteiger partial charge in [-0.3, -0.25) is 4.79 Å². The Labute approximate surface area is 93.4 Å². The van der Waals surface area contributed by atoms with Crippen LogP contribution in [0.25, 0.3) is 0 Å². The van der Waals surface area contributed by atoms with E-state index in [0.717, 1.165) is 12.8 Å². The standard InChI is InChI=1S/C13H24O2/c1-12-10-8-6-4-2-3-5-7-9-11-13(14)15-12/h12H,2-11H2,1H3/t12-/m0/s1. The molecule has 1 atom stereocenters. The normalized spacial score (nSPS) is 27.0. The zero-order chi connectivity index (χ0) is 10.9. The van der Waals surface area contributed by atoms with Crippen LogP contribution in [-0.2, 0) is 9.53 Å². The molecule has 0 aromatic heterocycles. The van der Waals surface area contributed by atoms with Crippen LogP contribution in [0.3, 0.4) is 0 Å². The van der Waals surface area contributed by atoms with Gasteiger partial charge in [0.05, 0.1) is 6.10 Å². The second-order valence-electron chi connectivity index (χ2n) is 4.67. The van der Waals surface area contributed by atoms with Crippen molar-refractivity contribution in [3.05, 3.63) is 0 Å². The predicted molar refractivity (Wildman–Crippen MR) is 61.7 cm³/mol. The highest BCUT2D eigenvalue weighted by atomic mass is 16.5. The van der Waals surface area contributed by atoms with Gasteiger partial charge >= 0.3 is 5.97 Å². The highest BCUT2D eigenvalue weighted by Gasteiger charge is 2.09. The summed E-state index contributed by atoms with van der Waals surface area (Å²) in [7, 11) is 0. The average Bonchev–Trinajstić information content (AvgIpc) is 2.21. The van der Waals surface area contributed by atoms with Crippen molar-refractivity contribution in [2.24, 2.45) is 0 Å². The van der Waals surface area contributed by atoms with Crippen molar-refractivity contribution in [2.75, 3.05) is 0 Å². The van der Waals surface area contributed by atoms with Gasteiger partial charge in [0, 0.05) is 6.42 Å². The Balaban J connectivity index is 2.26. The maximum Gasteiger partial charge on any atom is 0.306 e. The first kappa shape index (κ1) is 12.5. The van der Waals surface area contributed by atoms with Crippen LogP contribution >= 0.6 is 0 Å². The van der Waals surface area contributed by atoms with E-state index < -0.39 is 0 Å². The van der Waals surface area contributed by atoms with E-state index in [4.69, 9.17) is 4.74 Å². The molecule has 0 unspecified atom stereocenters. The Morgan fingerprint density at radius 2 is 1.47 bits per heavy atom. The van der Waals surface area contributed by atoms with Crippen LogP contribution in [0, 0.1) is 0 Å². The molecule has 1 aliphatic heterocycles. The minimum Gasteiger partial charge on any atom is -0.463 e. The molecular formula is C13H24O2. The van der Waals surface area contributed by atoms with Crippen LogP contribution < -0.4 is 0 Å². The molecule has 1 rings (SSSR count). The molecule has 1 saturated heterocycles. The maximum absolute atomic E-state index is 11.4. The van der Waals surface area contributed by atoms with Gasteiger partial charge < -0.3 is 4.74 Å². The summed E-state index contributed by atoms with van der Waals surface area (Å²) in [6, 6.07) is 0. The molecule has 1 aliphatic rings. The molecule has 0 saturated carbocycles. The van der Waals surface area contributed by atoms with Crippen LogP contribution in [0.4, 0.5) is 0 Å². The Kier molecular flexibility index (Phi) is 6.45. The Morgan fingerprint density at radius 3 is 2.13 bits per heavy atom. The fourth-order valence-electron chi connectivity index (χ4n) is 2.10. The third-order valence-corrected chi connectivity index (χ3v) is 3.07. The van der Waals surface area contributed by atoms with Gasteiger partial charge in [0.2, 0.25) is 0 Å². The molecule has 0 N–H and O–H groups in total. The summed E-state index contributed by atoms with van der Waals surface area (Å²) in [4.78, 5) is 11.4. The maximum atomic E-state index is 11.4. The summed E-state index contributed by atoms with van der Waals surface area (Å²) in [5, 5.41) is 0. The number of rotatable bonds is 0. The average molecular weight is 212 g/mol. The Morgan fingerprint density at radius 1 is 0.933 bits per heavy atom. The van der Waals surface area contributed by atoms with Crippen LogP contribution in [-0.4, -0.2) is 12.1 Å². The minimum absolute atomic E-state index is 0.00162. The lowest BCUT2D eigenvalue weighted by Gasteiger charge is -2.12. The minimum atomic E-state index is 0.00162. The lowest BCUT2D eigenvalue weighted by Crippen LogP contribution is -2.14. The van der Waals surface area contributed by atoms with E-state index in [0.29, 0.717) is 6.42 Å². The summed E-state index contributed by atoms with van der Waals surface area (Å²) >= 11 is 0. The number of carbonyl (C=O) groups is 1. The number of esters is 1. The zero-order valence-electron chi connectivity index (χ0n) is 9.96. The smallest absolute Gasteiger partial charge is 0.306 e. The lowest BCUT2D eigenvalue weighted by molar-refractivity contribution is -0.148. The topological polar surface area (TPSA) is 26.3 Å². The summed E-state index contributed by atoms with van der Waals surface area (Å²) in [6.07, 6.45) is 11.8. The van der Waals surface area contributed by atoms with Crippen molar-refractivity contribution < 1.29 is 9.53 Å². The summed E-state index contributed by atoms with van der Waals surface area (Å²) in [5.74, 6) is 0.00162. The number of hydrogen-bond acceptors (Lipinski definition) is 2. The summed E-state index contributed by atoms with van der Waals surface area (Å²) in [6.45, 7) is 2.01. The predicted octanol–water partition coefficient (Wildman–Crippen LogP) is 3.83. The second kappa shape index (κ2) is 7.72. The van der Waals surface area contributed by atoms with E-state index in [1.807, 2.05) is 6.92 Å². The number of ether oxygens (including phenoxy) is 1. The van der Waals surface area contributed by atoms with Gasteiger partial charge in [-0.2, -0.15) is 0 Å². The summed E-state index contributed by atoms with van der Waals surface area (Å²) in [5.41, 5.74) is 0. The highest BCUT2D eigenvalue weighted by molar-refractivity contribution is 5.69. The Hall–Kier alpha value is -0.530. The molecule has 2 heteroatoms. The van der Waals surface area contributed by atoms with E-state index in [1.165, 1.54) is 44.9 Å². The van der Waals surface area contributed by atoms with E-state index in [9.17, 15) is 4.79 Å². The first-order chi connectivity index (χ1) is 7.29. The first-order valence-electron chi connectivity index (χ1n) is 6.48. The third-order valence-electron chi connectivity index (χ3n) is 3.07. The lowest BCUT2D eigenvalue weighted by atomic mass is 10.1. The number of cyclic esters (lactones) is 1. The highest BCUT2D eigenvalue weighted by Crippen LogP contribution is 2.14. The molecule has 0 amide bonds. The molecule has 0 aromatic carbocycles. The van der Waals surface area contributed by atoms with Crippen molar-refractivity contribution >= 4 is 5.97 Å². The quantitative estimate of drug-likeness (QED) is 0.570. The molecule has 1 fully saturated rings. The Bertz CT molecular complexity index is 177. The van der Waals surface area contributed by atoms with Crippen molar-refractivity contribution in [3.63, 3.8) is 0 Å². The van der Waals surface area contributed by atoms with Crippen LogP contribution in [0.5, 0.6) is 0 Å². The monoisotopic (exact) mass is 212 g/mol. The van der Waals surface area contributed by atoms with E-state index in [1.54, 1.807) is 0 Å². The van der Waals surface area contributed by atoms with Gasteiger partial charge in [-0.1, -0.05) is 38.5 Å². The van der Waals surface area contributed by atoms with Crippen LogP contribution in [0.15, 0.2) is 0 Å². The molecule has 2 nitrogen and oxygen atoms in total. The summed E-state index contributed by atoms with van der Waals surface area (Å²) < 4.78 is 5.32. The fraction of sp³-hybridized carbons (Fsp3) is 0.923. The molecule has 1 heterocycles. The van der Waals surface area contributed by atoms with Crippen LogP contribution in [0.1, 0.15) is 71.1 Å². The van der Waals surface area contributed by atoms with Gasteiger partial charge in [0.1, 0.15) is 0 Å². The van der Waals surface area contributed by atoms with Crippen LogP contribution in [0.2, 0.25) is 0 Å². The van der Waals surface area contributed by atoms with Crippen molar-refractivity contribution in [3.8, 4) is 0 Å². The molecule has 0 radical (unpaired) electrons. The van der Waals surface area contributed by atoms with Crippen molar-refractivity contribution in [1.82, 2.24) is 0 Å². The third kappa shape index (κ3) is 6.53. The molecule has 15 heavy (non-hydrogen) atoms. The SMILES string of the molecule is C[C@H]1CCCCCCCCCCC(=O)O1. The van der Waals surface area contributed by atoms with Crippen molar-refractivity contribution in [2.45, 2.75) is 77.2 Å². The number of hydrogen-bond donors (Lipinski definition) is 0. The molecule has 0 aromatic rings. The molecular weight excluding hydrogens is 188 g/mol. The van der Waals surface area contributed by atoms with Gasteiger partial charge in [-0.25, -0.2) is 0 Å².